The van der Waals surface area contributed by atoms with E-state index in [0.29, 0.717) is 6.42 Å². The van der Waals surface area contributed by atoms with Crippen molar-refractivity contribution in [3.05, 3.63) is 63.7 Å². The average molecular weight is 265 g/mol. The Hall–Kier alpha value is -2.36. The molecule has 0 spiro atoms. The number of nitrogens with zero attached hydrogens (tertiary/aromatic N) is 2. The first kappa shape index (κ1) is 11.5. The number of aryl methyl sites for hydroxylation is 1. The molecular weight excluding hydrogens is 250 g/mol. The largest absolute Gasteiger partial charge is 0.322 e. The predicted octanol–water partition coefficient (Wildman–Crippen LogP) is 2.26. The van der Waals surface area contributed by atoms with Gasteiger partial charge in [0, 0.05) is 29.7 Å². The second-order valence-corrected chi connectivity index (χ2v) is 5.33. The first-order valence-electron chi connectivity index (χ1n) is 6.96. The molecule has 3 heterocycles. The number of hydrogen-bond acceptors (Lipinski definition) is 2. The molecule has 0 atom stereocenters. The molecule has 1 N–H and O–H groups in total. The van der Waals surface area contributed by atoms with Crippen molar-refractivity contribution in [2.75, 3.05) is 0 Å². The van der Waals surface area contributed by atoms with Crippen LogP contribution >= 0.6 is 0 Å². The molecule has 4 rings (SSSR count). The molecule has 4 heteroatoms. The van der Waals surface area contributed by atoms with Crippen molar-refractivity contribution >= 4 is 10.9 Å². The standard InChI is InChI=1S/C16H15N3O/c20-16-12(8-11-4-1-2-5-14(11)18-16)9-13-10-17-19-7-3-6-15(13)19/h1-2,4-5,8,10H,3,6-7,9H2,(H,18,20). The highest BCUT2D eigenvalue weighted by Gasteiger charge is 2.17. The Bertz CT molecular complexity index is 844. The highest BCUT2D eigenvalue weighted by atomic mass is 16.1. The van der Waals surface area contributed by atoms with Crippen molar-refractivity contribution in [2.24, 2.45) is 0 Å². The zero-order chi connectivity index (χ0) is 13.5. The smallest absolute Gasteiger partial charge is 0.251 e. The summed E-state index contributed by atoms with van der Waals surface area (Å²) >= 11 is 0. The molecule has 0 saturated carbocycles. The molecule has 0 bridgehead atoms. The molecular formula is C16H15N3O. The molecule has 0 radical (unpaired) electrons. The lowest BCUT2D eigenvalue weighted by Crippen LogP contribution is -2.13. The fourth-order valence-corrected chi connectivity index (χ4v) is 3.00. The van der Waals surface area contributed by atoms with Crippen molar-refractivity contribution in [1.82, 2.24) is 14.8 Å². The van der Waals surface area contributed by atoms with Gasteiger partial charge in [-0.05, 0) is 35.9 Å². The molecule has 1 aliphatic rings. The van der Waals surface area contributed by atoms with Gasteiger partial charge in [-0.2, -0.15) is 5.10 Å². The summed E-state index contributed by atoms with van der Waals surface area (Å²) in [7, 11) is 0. The van der Waals surface area contributed by atoms with Gasteiger partial charge in [-0.3, -0.25) is 9.48 Å². The molecule has 1 aromatic carbocycles. The summed E-state index contributed by atoms with van der Waals surface area (Å²) in [4.78, 5) is 15.1. The maximum Gasteiger partial charge on any atom is 0.251 e. The number of hydrogen-bond donors (Lipinski definition) is 1. The van der Waals surface area contributed by atoms with E-state index in [4.69, 9.17) is 0 Å². The molecule has 2 aromatic heterocycles. The summed E-state index contributed by atoms with van der Waals surface area (Å²) in [5.41, 5.74) is 4.18. The summed E-state index contributed by atoms with van der Waals surface area (Å²) in [6.45, 7) is 1.00. The van der Waals surface area contributed by atoms with E-state index >= 15 is 0 Å². The van der Waals surface area contributed by atoms with Crippen LogP contribution in [0, 0.1) is 0 Å². The first-order valence-corrected chi connectivity index (χ1v) is 6.96. The minimum absolute atomic E-state index is 0.00152. The third kappa shape index (κ3) is 1.76. The van der Waals surface area contributed by atoms with Crippen molar-refractivity contribution in [1.29, 1.82) is 0 Å². The van der Waals surface area contributed by atoms with Crippen LogP contribution in [-0.2, 0) is 19.4 Å². The summed E-state index contributed by atoms with van der Waals surface area (Å²) in [6, 6.07) is 9.87. The maximum absolute atomic E-state index is 12.2. The van der Waals surface area contributed by atoms with Crippen molar-refractivity contribution < 1.29 is 0 Å². The molecule has 4 nitrogen and oxygen atoms in total. The van der Waals surface area contributed by atoms with Crippen LogP contribution in [0.25, 0.3) is 10.9 Å². The summed E-state index contributed by atoms with van der Waals surface area (Å²) < 4.78 is 2.06. The Morgan fingerprint density at radius 2 is 2.15 bits per heavy atom. The van der Waals surface area contributed by atoms with E-state index in [-0.39, 0.29) is 5.56 Å². The monoisotopic (exact) mass is 265 g/mol. The van der Waals surface area contributed by atoms with Gasteiger partial charge in [0.05, 0.1) is 6.20 Å². The minimum Gasteiger partial charge on any atom is -0.322 e. The number of H-pyrrole nitrogens is 1. The number of aromatic amines is 1. The van der Waals surface area contributed by atoms with E-state index in [1.807, 2.05) is 36.5 Å². The SMILES string of the molecule is O=c1[nH]c2ccccc2cc1Cc1cnn2c1CCC2. The van der Waals surface area contributed by atoms with Crippen LogP contribution < -0.4 is 5.56 Å². The summed E-state index contributed by atoms with van der Waals surface area (Å²) in [5.74, 6) is 0. The molecule has 0 fully saturated rings. The minimum atomic E-state index is 0.00152. The molecule has 3 aromatic rings. The van der Waals surface area contributed by atoms with Crippen molar-refractivity contribution in [3.8, 4) is 0 Å². The van der Waals surface area contributed by atoms with E-state index in [1.165, 1.54) is 11.3 Å². The van der Waals surface area contributed by atoms with Crippen LogP contribution in [0.4, 0.5) is 0 Å². The van der Waals surface area contributed by atoms with E-state index in [1.54, 1.807) is 0 Å². The number of para-hydroxylation sites is 1. The maximum atomic E-state index is 12.2. The first-order chi connectivity index (χ1) is 9.81. The third-order valence-electron chi connectivity index (χ3n) is 4.03. The summed E-state index contributed by atoms with van der Waals surface area (Å²) in [5, 5.41) is 5.46. The second kappa shape index (κ2) is 4.34. The Kier molecular flexibility index (Phi) is 2.49. The van der Waals surface area contributed by atoms with Crippen LogP contribution in [0.3, 0.4) is 0 Å². The van der Waals surface area contributed by atoms with Gasteiger partial charge in [-0.25, -0.2) is 0 Å². The predicted molar refractivity (Wildman–Crippen MR) is 77.9 cm³/mol. The van der Waals surface area contributed by atoms with Crippen LogP contribution in [0.2, 0.25) is 0 Å². The lowest BCUT2D eigenvalue weighted by atomic mass is 10.0. The van der Waals surface area contributed by atoms with Crippen LogP contribution in [0.1, 0.15) is 23.2 Å². The third-order valence-corrected chi connectivity index (χ3v) is 4.03. The lowest BCUT2D eigenvalue weighted by molar-refractivity contribution is 0.656. The Balaban J connectivity index is 1.78. The van der Waals surface area contributed by atoms with E-state index in [0.717, 1.165) is 35.9 Å². The molecule has 0 amide bonds. The molecule has 20 heavy (non-hydrogen) atoms. The molecule has 0 aliphatic carbocycles. The quantitative estimate of drug-likeness (QED) is 0.772. The highest BCUT2D eigenvalue weighted by Crippen LogP contribution is 2.21. The number of fused-ring (bicyclic) bond motifs is 2. The van der Waals surface area contributed by atoms with Crippen LogP contribution in [0.5, 0.6) is 0 Å². The van der Waals surface area contributed by atoms with Gasteiger partial charge in [0.25, 0.3) is 5.56 Å². The number of benzene rings is 1. The van der Waals surface area contributed by atoms with Gasteiger partial charge in [0.2, 0.25) is 0 Å². The molecule has 1 aliphatic heterocycles. The van der Waals surface area contributed by atoms with Gasteiger partial charge >= 0.3 is 0 Å². The Morgan fingerprint density at radius 1 is 1.25 bits per heavy atom. The fraction of sp³-hybridized carbons (Fsp3) is 0.250. The zero-order valence-corrected chi connectivity index (χ0v) is 11.1. The molecule has 0 unspecified atom stereocenters. The topological polar surface area (TPSA) is 50.7 Å². The summed E-state index contributed by atoms with van der Waals surface area (Å²) in [6.07, 6.45) is 4.80. The normalized spacial score (nSPS) is 13.8. The van der Waals surface area contributed by atoms with Gasteiger partial charge in [0.15, 0.2) is 0 Å². The van der Waals surface area contributed by atoms with E-state index in [9.17, 15) is 4.79 Å². The fourth-order valence-electron chi connectivity index (χ4n) is 3.00. The van der Waals surface area contributed by atoms with Gasteiger partial charge in [-0.1, -0.05) is 18.2 Å². The lowest BCUT2D eigenvalue weighted by Gasteiger charge is -2.03. The Labute approximate surface area is 116 Å². The van der Waals surface area contributed by atoms with Crippen molar-refractivity contribution in [2.45, 2.75) is 25.8 Å². The van der Waals surface area contributed by atoms with Gasteiger partial charge < -0.3 is 4.98 Å². The van der Waals surface area contributed by atoms with E-state index < -0.39 is 0 Å². The van der Waals surface area contributed by atoms with Gasteiger partial charge in [-0.15, -0.1) is 0 Å². The Morgan fingerprint density at radius 3 is 3.10 bits per heavy atom. The van der Waals surface area contributed by atoms with Gasteiger partial charge in [0.1, 0.15) is 0 Å². The number of aromatic nitrogens is 3. The molecule has 0 saturated heterocycles. The second-order valence-electron chi connectivity index (χ2n) is 5.33. The number of rotatable bonds is 2. The number of pyridine rings is 1. The van der Waals surface area contributed by atoms with Crippen LogP contribution in [0.15, 0.2) is 41.3 Å². The zero-order valence-electron chi connectivity index (χ0n) is 11.1. The highest BCUT2D eigenvalue weighted by molar-refractivity contribution is 5.78. The number of nitrogens with one attached hydrogen (secondary N) is 1. The molecule has 100 valence electrons. The van der Waals surface area contributed by atoms with Crippen LogP contribution in [-0.4, -0.2) is 14.8 Å². The van der Waals surface area contributed by atoms with Crippen molar-refractivity contribution in [3.63, 3.8) is 0 Å². The van der Waals surface area contributed by atoms with E-state index in [2.05, 4.69) is 14.8 Å². The average Bonchev–Trinajstić information content (AvgIpc) is 3.04.